The van der Waals surface area contributed by atoms with E-state index in [4.69, 9.17) is 10.1 Å². The summed E-state index contributed by atoms with van der Waals surface area (Å²) in [5.41, 5.74) is 5.81. The first kappa shape index (κ1) is 16.1. The molecule has 5 nitrogen and oxygen atoms in total. The van der Waals surface area contributed by atoms with Crippen molar-refractivity contribution in [2.75, 3.05) is 6.61 Å². The Hall–Kier alpha value is -2.40. The Morgan fingerprint density at radius 1 is 1.20 bits per heavy atom. The zero-order chi connectivity index (χ0) is 17.2. The molecule has 25 heavy (non-hydrogen) atoms. The van der Waals surface area contributed by atoms with Gasteiger partial charge in [0.25, 0.3) is 5.56 Å². The molecule has 0 unspecified atom stereocenters. The summed E-state index contributed by atoms with van der Waals surface area (Å²) >= 11 is 0. The summed E-state index contributed by atoms with van der Waals surface area (Å²) in [7, 11) is 0. The minimum absolute atomic E-state index is 0.0616. The van der Waals surface area contributed by atoms with Gasteiger partial charge < -0.3 is 10.2 Å². The summed E-state index contributed by atoms with van der Waals surface area (Å²) in [4.78, 5) is 17.1. The lowest BCUT2D eigenvalue weighted by Gasteiger charge is -2.24. The number of allylic oxidation sites excluding steroid dienone is 1. The highest BCUT2D eigenvalue weighted by Gasteiger charge is 2.26. The lowest BCUT2D eigenvalue weighted by Crippen LogP contribution is -2.12. The van der Waals surface area contributed by atoms with Gasteiger partial charge in [-0.15, -0.1) is 0 Å². The molecule has 1 aliphatic carbocycles. The van der Waals surface area contributed by atoms with E-state index in [1.165, 1.54) is 6.42 Å². The zero-order valence-electron chi connectivity index (χ0n) is 14.2. The number of aliphatic hydroxyl groups excluding tert-OH is 1. The molecule has 0 radical (unpaired) electrons. The quantitative estimate of drug-likeness (QED) is 0.702. The minimum Gasteiger partial charge on any atom is -0.396 e. The first-order valence-corrected chi connectivity index (χ1v) is 9.08. The molecule has 1 aromatic carbocycles. The molecule has 1 aromatic heterocycles. The zero-order valence-corrected chi connectivity index (χ0v) is 14.2. The number of unbranched alkanes of at least 4 members (excludes halogenated alkanes) is 1. The Labute approximate surface area is 146 Å². The van der Waals surface area contributed by atoms with Gasteiger partial charge in [0.05, 0.1) is 11.3 Å². The van der Waals surface area contributed by atoms with Crippen LogP contribution in [0.25, 0.3) is 11.6 Å². The molecule has 130 valence electrons. The van der Waals surface area contributed by atoms with E-state index in [9.17, 15) is 4.79 Å². The van der Waals surface area contributed by atoms with Crippen molar-refractivity contribution < 1.29 is 5.11 Å². The van der Waals surface area contributed by atoms with Gasteiger partial charge in [-0.1, -0.05) is 24.6 Å². The molecule has 1 fully saturated rings. The van der Waals surface area contributed by atoms with Crippen LogP contribution in [-0.2, 0) is 0 Å². The van der Waals surface area contributed by atoms with Gasteiger partial charge in [-0.25, -0.2) is 0 Å². The van der Waals surface area contributed by atoms with Crippen molar-refractivity contribution in [3.8, 4) is 0 Å². The number of aromatic nitrogens is 2. The van der Waals surface area contributed by atoms with Gasteiger partial charge in [0.2, 0.25) is 0 Å². The van der Waals surface area contributed by atoms with Crippen LogP contribution in [0.1, 0.15) is 61.3 Å². The topological polar surface area (TPSA) is 81.2 Å². The second-order valence-corrected chi connectivity index (χ2v) is 6.85. The van der Waals surface area contributed by atoms with Crippen LogP contribution in [0.5, 0.6) is 0 Å². The van der Waals surface area contributed by atoms with Crippen LogP contribution in [0.15, 0.2) is 34.1 Å². The molecule has 0 atom stereocenters. The number of aliphatic imine (C=N–C) groups is 1. The first-order valence-electron chi connectivity index (χ1n) is 9.08. The highest BCUT2D eigenvalue weighted by atomic mass is 16.2. The normalized spacial score (nSPS) is 18.3. The van der Waals surface area contributed by atoms with Crippen LogP contribution in [-0.4, -0.2) is 27.6 Å². The molecule has 5 heteroatoms. The van der Waals surface area contributed by atoms with Crippen LogP contribution < -0.4 is 5.56 Å². The summed E-state index contributed by atoms with van der Waals surface area (Å²) in [5.74, 6) is 0.456. The summed E-state index contributed by atoms with van der Waals surface area (Å²) in [6, 6.07) is 8.07. The number of nitrogens with one attached hydrogen (secondary N) is 2. The van der Waals surface area contributed by atoms with Crippen LogP contribution in [0.4, 0.5) is 5.69 Å². The van der Waals surface area contributed by atoms with Gasteiger partial charge in [0, 0.05) is 35.1 Å². The number of fused-ring (bicyclic) bond motifs is 1. The molecular weight excluding hydrogens is 314 g/mol. The van der Waals surface area contributed by atoms with Crippen molar-refractivity contribution in [3.05, 3.63) is 51.4 Å². The van der Waals surface area contributed by atoms with E-state index in [1.54, 1.807) is 0 Å². The van der Waals surface area contributed by atoms with Crippen LogP contribution in [0, 0.1) is 0 Å². The Bertz CT molecular complexity index is 884. The molecule has 0 amide bonds. The lowest BCUT2D eigenvalue weighted by atomic mass is 9.81. The fourth-order valence-corrected chi connectivity index (χ4v) is 3.60. The molecular formula is C20H23N3O2. The van der Waals surface area contributed by atoms with Crippen molar-refractivity contribution in [2.24, 2.45) is 4.99 Å². The number of rotatable bonds is 6. The number of nitrogens with zero attached hydrogens (tertiary/aromatic N) is 1. The molecule has 1 aliphatic heterocycles. The predicted molar refractivity (Wildman–Crippen MR) is 100 cm³/mol. The van der Waals surface area contributed by atoms with E-state index in [0.29, 0.717) is 5.92 Å². The lowest BCUT2D eigenvalue weighted by molar-refractivity contribution is 0.285. The number of hydrogen-bond acceptors (Lipinski definition) is 3. The maximum atomic E-state index is 12.3. The third kappa shape index (κ3) is 3.00. The number of H-pyrrole nitrogens is 2. The fraction of sp³-hybridized carbons (Fsp3) is 0.400. The largest absolute Gasteiger partial charge is 0.396 e. The van der Waals surface area contributed by atoms with E-state index in [1.807, 2.05) is 24.3 Å². The van der Waals surface area contributed by atoms with Crippen LogP contribution in [0.3, 0.4) is 0 Å². The molecule has 0 spiro atoms. The fourth-order valence-electron chi connectivity index (χ4n) is 3.60. The van der Waals surface area contributed by atoms with Crippen molar-refractivity contribution in [1.82, 2.24) is 10.2 Å². The van der Waals surface area contributed by atoms with Gasteiger partial charge in [0.15, 0.2) is 0 Å². The minimum atomic E-state index is -0.0616. The monoisotopic (exact) mass is 337 g/mol. The molecule has 0 bridgehead atoms. The standard InChI is InChI=1S/C20H23N3O2/c24-11-4-3-10-18-15(14-8-1-2-9-17(14)21-18)12-16-19(13-6-5-7-13)22-23-20(16)25/h1-2,8-9,12-13,24H,3-7,10-11H2,(H2,22,23,25). The summed E-state index contributed by atoms with van der Waals surface area (Å²) in [5, 5.41) is 14.9. The number of aromatic amines is 2. The highest BCUT2D eigenvalue weighted by molar-refractivity contribution is 6.32. The Kier molecular flexibility index (Phi) is 4.40. The molecule has 1 saturated carbocycles. The second kappa shape index (κ2) is 6.84. The molecule has 0 saturated heterocycles. The van der Waals surface area contributed by atoms with Crippen molar-refractivity contribution >= 4 is 23.0 Å². The molecule has 2 aromatic rings. The Morgan fingerprint density at radius 2 is 2.04 bits per heavy atom. The Morgan fingerprint density at radius 3 is 2.80 bits per heavy atom. The van der Waals surface area contributed by atoms with E-state index in [0.717, 1.165) is 65.9 Å². The second-order valence-electron chi connectivity index (χ2n) is 6.85. The van der Waals surface area contributed by atoms with Gasteiger partial charge in [-0.2, -0.15) is 0 Å². The number of benzene rings is 1. The van der Waals surface area contributed by atoms with Crippen molar-refractivity contribution in [3.63, 3.8) is 0 Å². The van der Waals surface area contributed by atoms with E-state index in [2.05, 4.69) is 16.3 Å². The third-order valence-corrected chi connectivity index (χ3v) is 5.23. The Balaban J connectivity index is 1.74. The molecule has 3 N–H and O–H groups in total. The summed E-state index contributed by atoms with van der Waals surface area (Å²) in [6.07, 6.45) is 7.97. The van der Waals surface area contributed by atoms with Crippen LogP contribution in [0.2, 0.25) is 0 Å². The maximum Gasteiger partial charge on any atom is 0.271 e. The summed E-state index contributed by atoms with van der Waals surface area (Å²) in [6.45, 7) is 0.197. The predicted octanol–water partition coefficient (Wildman–Crippen LogP) is 3.76. The number of para-hydroxylation sites is 1. The molecule has 2 aliphatic rings. The number of hydrogen-bond donors (Lipinski definition) is 3. The smallest absolute Gasteiger partial charge is 0.271 e. The van der Waals surface area contributed by atoms with Gasteiger partial charge >= 0.3 is 0 Å². The van der Waals surface area contributed by atoms with Crippen molar-refractivity contribution in [2.45, 2.75) is 44.4 Å². The maximum absolute atomic E-state index is 12.3. The van der Waals surface area contributed by atoms with Gasteiger partial charge in [0.1, 0.15) is 0 Å². The SMILES string of the molecule is O=c1[nH][nH]c(C2CCC2)c1C=C1C(CCCCO)=Nc2ccccc21. The summed E-state index contributed by atoms with van der Waals surface area (Å²) < 4.78 is 0. The average molecular weight is 337 g/mol. The highest BCUT2D eigenvalue weighted by Crippen LogP contribution is 2.40. The molecule has 4 rings (SSSR count). The van der Waals surface area contributed by atoms with Crippen molar-refractivity contribution in [1.29, 1.82) is 0 Å². The number of aliphatic hydroxyl groups is 1. The average Bonchev–Trinajstić information content (AvgIpc) is 3.09. The van der Waals surface area contributed by atoms with Crippen LogP contribution >= 0.6 is 0 Å². The molecule has 2 heterocycles. The van der Waals surface area contributed by atoms with E-state index < -0.39 is 0 Å². The third-order valence-electron chi connectivity index (χ3n) is 5.23. The van der Waals surface area contributed by atoms with E-state index in [-0.39, 0.29) is 12.2 Å². The van der Waals surface area contributed by atoms with Gasteiger partial charge in [-0.05, 0) is 44.2 Å². The first-order chi connectivity index (χ1) is 12.3. The van der Waals surface area contributed by atoms with Gasteiger partial charge in [-0.3, -0.25) is 14.9 Å². The van der Waals surface area contributed by atoms with E-state index >= 15 is 0 Å².